The van der Waals surface area contributed by atoms with Gasteiger partial charge in [-0.15, -0.1) is 0 Å². The van der Waals surface area contributed by atoms with Gasteiger partial charge in [0.1, 0.15) is 18.1 Å². The zero-order valence-corrected chi connectivity index (χ0v) is 25.0. The number of rotatable bonds is 13. The Bertz CT molecular complexity index is 1130. The van der Waals surface area contributed by atoms with Crippen molar-refractivity contribution in [2.75, 3.05) is 58.5 Å². The van der Waals surface area contributed by atoms with E-state index in [0.29, 0.717) is 37.6 Å². The smallest absolute Gasteiger partial charge is 0.222 e. The summed E-state index contributed by atoms with van der Waals surface area (Å²) in [5.41, 5.74) is 3.59. The minimum absolute atomic E-state index is 0.0577. The van der Waals surface area contributed by atoms with Crippen LogP contribution in [0.4, 0.5) is 5.69 Å². The molecule has 3 heterocycles. The Kier molecular flexibility index (Phi) is 10.4. The molecule has 0 radical (unpaired) electrons. The van der Waals surface area contributed by atoms with Crippen molar-refractivity contribution >= 4 is 11.6 Å². The number of hydrogen-bond donors (Lipinski definition) is 1. The Morgan fingerprint density at radius 3 is 2.73 bits per heavy atom. The summed E-state index contributed by atoms with van der Waals surface area (Å²) in [6.45, 7) is 7.76. The fraction of sp³-hybridized carbons (Fsp3) is 0.606. The number of ether oxygens (including phenoxy) is 4. The molecule has 0 aromatic heterocycles. The second kappa shape index (κ2) is 14.4. The van der Waals surface area contributed by atoms with Crippen LogP contribution in [-0.4, -0.2) is 82.6 Å². The molecule has 5 rings (SSSR count). The number of amides is 1. The van der Waals surface area contributed by atoms with E-state index in [1.165, 1.54) is 5.56 Å². The highest BCUT2D eigenvalue weighted by Crippen LogP contribution is 2.35. The average molecular weight is 566 g/mol. The standard InChI is InChI=1S/C33H47N3O5/c1-24(36-16-4-6-33(36)37)7-11-27-21-29(26-9-12-28(39-3)13-10-26)32(22-34-27)41-23-25-8-14-31-30(20-25)35(17-19-40-31)15-5-18-38-2/h8-10,12-14,20,24,27,29,32,34H,4-7,11,15-19,21-23H2,1-3H3/t24-,27?,29-,32?/m1/s1. The number of hydrogen-bond acceptors (Lipinski definition) is 7. The molecule has 8 nitrogen and oxygen atoms in total. The Hall–Kier alpha value is -2.81. The van der Waals surface area contributed by atoms with Crippen molar-refractivity contribution in [1.29, 1.82) is 0 Å². The highest BCUT2D eigenvalue weighted by molar-refractivity contribution is 5.78. The zero-order valence-electron chi connectivity index (χ0n) is 25.0. The van der Waals surface area contributed by atoms with E-state index in [4.69, 9.17) is 18.9 Å². The van der Waals surface area contributed by atoms with E-state index < -0.39 is 0 Å². The SMILES string of the molecule is COCCCN1CCOc2ccc(COC3CNC(CC[C@@H](C)N4CCCC4=O)C[C@@H]3c3ccc(OC)cc3)cc21. The number of nitrogens with zero attached hydrogens (tertiary/aromatic N) is 2. The van der Waals surface area contributed by atoms with Crippen molar-refractivity contribution in [3.63, 3.8) is 0 Å². The van der Waals surface area contributed by atoms with Gasteiger partial charge in [-0.1, -0.05) is 18.2 Å². The van der Waals surface area contributed by atoms with E-state index in [1.54, 1.807) is 14.2 Å². The van der Waals surface area contributed by atoms with Crippen LogP contribution in [0, 0.1) is 0 Å². The van der Waals surface area contributed by atoms with Gasteiger partial charge in [0, 0.05) is 57.8 Å². The van der Waals surface area contributed by atoms with Crippen LogP contribution in [0.3, 0.4) is 0 Å². The monoisotopic (exact) mass is 565 g/mol. The molecule has 3 aliphatic heterocycles. The molecule has 4 atom stereocenters. The largest absolute Gasteiger partial charge is 0.497 e. The lowest BCUT2D eigenvalue weighted by molar-refractivity contribution is -0.129. The molecule has 0 aliphatic carbocycles. The molecular weight excluding hydrogens is 518 g/mol. The summed E-state index contributed by atoms with van der Waals surface area (Å²) in [5, 5.41) is 3.78. The minimum Gasteiger partial charge on any atom is -0.497 e. The second-order valence-corrected chi connectivity index (χ2v) is 11.7. The predicted octanol–water partition coefficient (Wildman–Crippen LogP) is 4.75. The number of carbonyl (C=O) groups excluding carboxylic acids is 1. The predicted molar refractivity (Wildman–Crippen MR) is 161 cm³/mol. The van der Waals surface area contributed by atoms with Crippen molar-refractivity contribution in [3.8, 4) is 11.5 Å². The molecule has 41 heavy (non-hydrogen) atoms. The third-order valence-corrected chi connectivity index (χ3v) is 8.94. The average Bonchev–Trinajstić information content (AvgIpc) is 3.45. The van der Waals surface area contributed by atoms with Crippen molar-refractivity contribution < 1.29 is 23.7 Å². The highest BCUT2D eigenvalue weighted by Gasteiger charge is 2.33. The fourth-order valence-electron chi connectivity index (χ4n) is 6.54. The van der Waals surface area contributed by atoms with Gasteiger partial charge in [-0.3, -0.25) is 4.79 Å². The number of nitrogens with one attached hydrogen (secondary N) is 1. The summed E-state index contributed by atoms with van der Waals surface area (Å²) < 4.78 is 23.3. The molecule has 0 spiro atoms. The van der Waals surface area contributed by atoms with Gasteiger partial charge in [0.2, 0.25) is 5.91 Å². The third kappa shape index (κ3) is 7.53. The zero-order chi connectivity index (χ0) is 28.6. The lowest BCUT2D eigenvalue weighted by Crippen LogP contribution is -2.47. The molecule has 0 bridgehead atoms. The lowest BCUT2D eigenvalue weighted by Gasteiger charge is -2.38. The van der Waals surface area contributed by atoms with E-state index in [0.717, 1.165) is 87.6 Å². The molecule has 2 aromatic rings. The minimum atomic E-state index is 0.0577. The summed E-state index contributed by atoms with van der Waals surface area (Å²) in [4.78, 5) is 16.7. The van der Waals surface area contributed by atoms with Crippen LogP contribution in [0.5, 0.6) is 11.5 Å². The molecule has 1 amide bonds. The topological polar surface area (TPSA) is 72.5 Å². The fourth-order valence-corrected chi connectivity index (χ4v) is 6.54. The first-order valence-corrected chi connectivity index (χ1v) is 15.3. The van der Waals surface area contributed by atoms with Crippen molar-refractivity contribution in [2.45, 2.75) is 76.2 Å². The number of piperidine rings is 1. The Morgan fingerprint density at radius 2 is 1.98 bits per heavy atom. The molecule has 2 aromatic carbocycles. The Morgan fingerprint density at radius 1 is 1.12 bits per heavy atom. The van der Waals surface area contributed by atoms with Gasteiger partial charge < -0.3 is 34.1 Å². The number of anilines is 1. The van der Waals surface area contributed by atoms with E-state index in [1.807, 2.05) is 12.1 Å². The molecule has 8 heteroatoms. The molecule has 3 aliphatic rings. The van der Waals surface area contributed by atoms with Gasteiger partial charge in [-0.2, -0.15) is 0 Å². The van der Waals surface area contributed by atoms with Crippen LogP contribution in [0.1, 0.15) is 62.5 Å². The van der Waals surface area contributed by atoms with E-state index in [9.17, 15) is 4.79 Å². The first-order valence-electron chi connectivity index (χ1n) is 15.3. The number of benzene rings is 2. The van der Waals surface area contributed by atoms with Crippen LogP contribution in [-0.2, 0) is 20.9 Å². The van der Waals surface area contributed by atoms with Gasteiger partial charge >= 0.3 is 0 Å². The van der Waals surface area contributed by atoms with Crippen molar-refractivity contribution in [3.05, 3.63) is 53.6 Å². The van der Waals surface area contributed by atoms with Crippen molar-refractivity contribution in [2.24, 2.45) is 0 Å². The van der Waals surface area contributed by atoms with Gasteiger partial charge in [-0.05, 0) is 74.4 Å². The quantitative estimate of drug-likeness (QED) is 0.352. The summed E-state index contributed by atoms with van der Waals surface area (Å²) in [7, 11) is 3.46. The third-order valence-electron chi connectivity index (χ3n) is 8.94. The summed E-state index contributed by atoms with van der Waals surface area (Å²) >= 11 is 0. The molecular formula is C33H47N3O5. The van der Waals surface area contributed by atoms with Crippen LogP contribution in [0.25, 0.3) is 0 Å². The van der Waals surface area contributed by atoms with Gasteiger partial charge in [0.25, 0.3) is 0 Å². The van der Waals surface area contributed by atoms with Gasteiger partial charge in [0.15, 0.2) is 0 Å². The maximum absolute atomic E-state index is 12.2. The second-order valence-electron chi connectivity index (χ2n) is 11.7. The van der Waals surface area contributed by atoms with Crippen LogP contribution < -0.4 is 19.7 Å². The highest BCUT2D eigenvalue weighted by atomic mass is 16.5. The molecule has 2 fully saturated rings. The number of carbonyl (C=O) groups is 1. The lowest BCUT2D eigenvalue weighted by atomic mass is 9.82. The van der Waals surface area contributed by atoms with Crippen molar-refractivity contribution in [1.82, 2.24) is 10.2 Å². The first-order chi connectivity index (χ1) is 20.1. The summed E-state index contributed by atoms with van der Waals surface area (Å²) in [5.74, 6) is 2.40. The van der Waals surface area contributed by atoms with Gasteiger partial charge in [0.05, 0.1) is 32.1 Å². The van der Waals surface area contributed by atoms with Gasteiger partial charge in [-0.25, -0.2) is 0 Å². The van der Waals surface area contributed by atoms with Crippen LogP contribution in [0.15, 0.2) is 42.5 Å². The van der Waals surface area contributed by atoms with Crippen LogP contribution in [0.2, 0.25) is 0 Å². The maximum Gasteiger partial charge on any atom is 0.222 e. The summed E-state index contributed by atoms with van der Waals surface area (Å²) in [6.07, 6.45) is 5.81. The maximum atomic E-state index is 12.2. The Balaban J connectivity index is 1.23. The van der Waals surface area contributed by atoms with Crippen LogP contribution >= 0.6 is 0 Å². The van der Waals surface area contributed by atoms with E-state index >= 15 is 0 Å². The number of methoxy groups -OCH3 is 2. The Labute approximate surface area is 245 Å². The molecule has 2 unspecified atom stereocenters. The molecule has 2 saturated heterocycles. The van der Waals surface area contributed by atoms with E-state index in [2.05, 4.69) is 52.4 Å². The normalized spacial score (nSPS) is 23.3. The van der Waals surface area contributed by atoms with E-state index in [-0.39, 0.29) is 12.0 Å². The summed E-state index contributed by atoms with van der Waals surface area (Å²) in [6, 6.07) is 15.6. The molecule has 1 N–H and O–H groups in total. The first kappa shape index (κ1) is 29.7. The molecule has 224 valence electrons. The number of fused-ring (bicyclic) bond motifs is 1. The molecule has 0 saturated carbocycles. The number of likely N-dealkylation sites (tertiary alicyclic amines) is 1.